The van der Waals surface area contributed by atoms with Crippen LogP contribution in [0.25, 0.3) is 0 Å². The van der Waals surface area contributed by atoms with Crippen molar-refractivity contribution in [3.05, 3.63) is 39.3 Å². The number of thiazole rings is 1. The van der Waals surface area contributed by atoms with Crippen LogP contribution in [0.1, 0.15) is 27.6 Å². The van der Waals surface area contributed by atoms with Crippen molar-refractivity contribution in [2.24, 2.45) is 0 Å². The van der Waals surface area contributed by atoms with E-state index < -0.39 is 5.97 Å². The fraction of sp³-hybridized carbons (Fsp3) is 0.375. The average molecular weight is 321 g/mol. The topological polar surface area (TPSA) is 68.7 Å². The molecule has 6 heteroatoms. The summed E-state index contributed by atoms with van der Waals surface area (Å²) in [5.74, 6) is 0.609. The summed E-state index contributed by atoms with van der Waals surface area (Å²) in [6, 6.07) is 5.79. The molecule has 0 bridgehead atoms. The van der Waals surface area contributed by atoms with E-state index in [1.807, 2.05) is 25.1 Å². The summed E-state index contributed by atoms with van der Waals surface area (Å²) in [5, 5.41) is 9.75. The maximum absolute atomic E-state index is 10.7. The van der Waals surface area contributed by atoms with Crippen molar-refractivity contribution >= 4 is 17.3 Å². The van der Waals surface area contributed by atoms with Crippen LogP contribution in [-0.2, 0) is 17.6 Å². The largest absolute Gasteiger partial charge is 0.493 e. The van der Waals surface area contributed by atoms with Crippen LogP contribution in [-0.4, -0.2) is 30.3 Å². The van der Waals surface area contributed by atoms with Crippen molar-refractivity contribution in [2.75, 3.05) is 14.2 Å². The normalized spacial score (nSPS) is 10.5. The van der Waals surface area contributed by atoms with Gasteiger partial charge in [0.15, 0.2) is 11.5 Å². The van der Waals surface area contributed by atoms with Crippen molar-refractivity contribution in [1.82, 2.24) is 4.98 Å². The molecule has 0 atom stereocenters. The van der Waals surface area contributed by atoms with Gasteiger partial charge in [-0.05, 0) is 31.0 Å². The van der Waals surface area contributed by atoms with Crippen LogP contribution in [0.2, 0.25) is 0 Å². The van der Waals surface area contributed by atoms with Crippen molar-refractivity contribution in [3.8, 4) is 11.5 Å². The molecule has 2 rings (SSSR count). The zero-order valence-corrected chi connectivity index (χ0v) is 13.7. The van der Waals surface area contributed by atoms with Crippen LogP contribution in [0.5, 0.6) is 11.5 Å². The Bertz CT molecular complexity index is 666. The molecule has 0 fully saturated rings. The molecule has 0 unspecified atom stereocenters. The predicted molar refractivity (Wildman–Crippen MR) is 85.2 cm³/mol. The molecule has 0 aliphatic rings. The first-order chi connectivity index (χ1) is 10.5. The first-order valence-electron chi connectivity index (χ1n) is 6.91. The number of aliphatic carboxylic acids is 1. The molecule has 1 aromatic heterocycles. The van der Waals surface area contributed by atoms with Crippen LogP contribution in [0, 0.1) is 6.92 Å². The van der Waals surface area contributed by atoms with Crippen LogP contribution in [0.4, 0.5) is 0 Å². The van der Waals surface area contributed by atoms with Crippen LogP contribution in [0.3, 0.4) is 0 Å². The lowest BCUT2D eigenvalue weighted by molar-refractivity contribution is -0.136. The number of carboxylic acids is 1. The molecule has 1 aromatic carbocycles. The minimum Gasteiger partial charge on any atom is -0.493 e. The highest BCUT2D eigenvalue weighted by Crippen LogP contribution is 2.29. The van der Waals surface area contributed by atoms with E-state index in [0.29, 0.717) is 24.3 Å². The zero-order valence-electron chi connectivity index (χ0n) is 12.9. The summed E-state index contributed by atoms with van der Waals surface area (Å²) in [7, 11) is 3.22. The number of carboxylic acid groups (broad SMARTS) is 1. The monoisotopic (exact) mass is 321 g/mol. The predicted octanol–water partition coefficient (Wildman–Crippen LogP) is 3.08. The number of benzene rings is 1. The van der Waals surface area contributed by atoms with Crippen molar-refractivity contribution in [1.29, 1.82) is 0 Å². The Labute approximate surface area is 133 Å². The van der Waals surface area contributed by atoms with E-state index in [4.69, 9.17) is 14.6 Å². The second kappa shape index (κ2) is 7.26. The summed E-state index contributed by atoms with van der Waals surface area (Å²) in [6.07, 6.45) is 1.36. The Morgan fingerprint density at radius 2 is 2.00 bits per heavy atom. The first-order valence-corrected chi connectivity index (χ1v) is 7.73. The Kier molecular flexibility index (Phi) is 5.38. The van der Waals surface area contributed by atoms with Gasteiger partial charge in [-0.15, -0.1) is 11.3 Å². The molecule has 0 radical (unpaired) electrons. The molecule has 2 aromatic rings. The average Bonchev–Trinajstić information content (AvgIpc) is 2.84. The van der Waals surface area contributed by atoms with Gasteiger partial charge in [0, 0.05) is 11.3 Å². The second-order valence-corrected chi connectivity index (χ2v) is 6.04. The summed E-state index contributed by atoms with van der Waals surface area (Å²) < 4.78 is 10.5. The minimum atomic E-state index is -0.783. The van der Waals surface area contributed by atoms with Gasteiger partial charge in [0.2, 0.25) is 0 Å². The Hall–Kier alpha value is -2.08. The summed E-state index contributed by atoms with van der Waals surface area (Å²) >= 11 is 1.57. The Morgan fingerprint density at radius 3 is 2.64 bits per heavy atom. The van der Waals surface area contributed by atoms with Gasteiger partial charge in [-0.2, -0.15) is 0 Å². The van der Waals surface area contributed by atoms with Gasteiger partial charge in [0.1, 0.15) is 0 Å². The zero-order chi connectivity index (χ0) is 16.1. The quantitative estimate of drug-likeness (QED) is 0.849. The van der Waals surface area contributed by atoms with Gasteiger partial charge in [0.05, 0.1) is 31.3 Å². The second-order valence-electron chi connectivity index (χ2n) is 4.88. The fourth-order valence-electron chi connectivity index (χ4n) is 2.18. The lowest BCUT2D eigenvalue weighted by Gasteiger charge is -2.08. The van der Waals surface area contributed by atoms with E-state index in [0.717, 1.165) is 21.1 Å². The number of nitrogens with zero attached hydrogens (tertiary/aromatic N) is 1. The molecule has 5 nitrogen and oxygen atoms in total. The van der Waals surface area contributed by atoms with E-state index in [1.54, 1.807) is 25.6 Å². The fourth-order valence-corrected chi connectivity index (χ4v) is 3.28. The smallest absolute Gasteiger partial charge is 0.303 e. The third-order valence-corrected chi connectivity index (χ3v) is 4.52. The number of hydrogen-bond donors (Lipinski definition) is 1. The van der Waals surface area contributed by atoms with E-state index in [2.05, 4.69) is 4.98 Å². The Morgan fingerprint density at radius 1 is 1.27 bits per heavy atom. The molecule has 0 aliphatic heterocycles. The molecule has 0 spiro atoms. The van der Waals surface area contributed by atoms with E-state index >= 15 is 0 Å². The standard InChI is InChI=1S/C16H19NO4S/c1-10-14(6-7-16(18)19)22-15(17-10)9-11-4-5-12(20-2)13(8-11)21-3/h4-5,8H,6-7,9H2,1-3H3,(H,18,19). The van der Waals surface area contributed by atoms with Crippen molar-refractivity contribution in [2.45, 2.75) is 26.2 Å². The molecule has 22 heavy (non-hydrogen) atoms. The lowest BCUT2D eigenvalue weighted by Crippen LogP contribution is -1.96. The maximum atomic E-state index is 10.7. The van der Waals surface area contributed by atoms with Crippen molar-refractivity contribution in [3.63, 3.8) is 0 Å². The van der Waals surface area contributed by atoms with Crippen LogP contribution in [0.15, 0.2) is 18.2 Å². The number of aromatic nitrogens is 1. The van der Waals surface area contributed by atoms with Gasteiger partial charge in [-0.25, -0.2) is 4.98 Å². The molecule has 0 amide bonds. The molecule has 1 N–H and O–H groups in total. The third-order valence-electron chi connectivity index (χ3n) is 3.31. The molecule has 0 saturated heterocycles. The van der Waals surface area contributed by atoms with Gasteiger partial charge < -0.3 is 14.6 Å². The van der Waals surface area contributed by atoms with E-state index in [9.17, 15) is 4.79 Å². The SMILES string of the molecule is COc1ccc(Cc2nc(C)c(CCC(=O)O)s2)cc1OC. The van der Waals surface area contributed by atoms with Crippen LogP contribution >= 0.6 is 11.3 Å². The Balaban J connectivity index is 2.13. The van der Waals surface area contributed by atoms with E-state index in [-0.39, 0.29) is 6.42 Å². The lowest BCUT2D eigenvalue weighted by atomic mass is 10.1. The van der Waals surface area contributed by atoms with Gasteiger partial charge in [-0.1, -0.05) is 6.07 Å². The van der Waals surface area contributed by atoms with Crippen molar-refractivity contribution < 1.29 is 19.4 Å². The number of methoxy groups -OCH3 is 2. The van der Waals surface area contributed by atoms with Gasteiger partial charge in [0.25, 0.3) is 0 Å². The third kappa shape index (κ3) is 3.98. The number of aryl methyl sites for hydroxylation is 2. The van der Waals surface area contributed by atoms with Gasteiger partial charge >= 0.3 is 5.97 Å². The number of ether oxygens (including phenoxy) is 2. The first kappa shape index (κ1) is 16.3. The number of hydrogen-bond acceptors (Lipinski definition) is 5. The minimum absolute atomic E-state index is 0.138. The summed E-state index contributed by atoms with van der Waals surface area (Å²) in [5.41, 5.74) is 2.00. The number of carbonyl (C=O) groups is 1. The highest BCUT2D eigenvalue weighted by molar-refractivity contribution is 7.11. The molecule has 0 saturated carbocycles. The molecule has 118 valence electrons. The maximum Gasteiger partial charge on any atom is 0.303 e. The molecular weight excluding hydrogens is 302 g/mol. The molecular formula is C16H19NO4S. The molecule has 1 heterocycles. The highest BCUT2D eigenvalue weighted by atomic mass is 32.1. The molecule has 0 aliphatic carbocycles. The van der Waals surface area contributed by atoms with E-state index in [1.165, 1.54) is 0 Å². The van der Waals surface area contributed by atoms with Gasteiger partial charge in [-0.3, -0.25) is 4.79 Å². The number of rotatable bonds is 7. The van der Waals surface area contributed by atoms with Crippen LogP contribution < -0.4 is 9.47 Å². The highest BCUT2D eigenvalue weighted by Gasteiger charge is 2.11. The summed E-state index contributed by atoms with van der Waals surface area (Å²) in [6.45, 7) is 1.92. The summed E-state index contributed by atoms with van der Waals surface area (Å²) in [4.78, 5) is 16.2.